The lowest BCUT2D eigenvalue weighted by molar-refractivity contribution is 0.296. The molecule has 2 aromatic rings. The summed E-state index contributed by atoms with van der Waals surface area (Å²) in [6.07, 6.45) is 0.687. The van der Waals surface area contributed by atoms with E-state index in [2.05, 4.69) is 15.9 Å². The molecule has 0 aliphatic rings. The summed E-state index contributed by atoms with van der Waals surface area (Å²) in [7, 11) is 0. The Bertz CT molecular complexity index is 634. The van der Waals surface area contributed by atoms with Gasteiger partial charge in [0.25, 0.3) is 0 Å². The van der Waals surface area contributed by atoms with Crippen molar-refractivity contribution in [3.63, 3.8) is 0 Å². The maximum absolute atomic E-state index is 13.7. The predicted octanol–water partition coefficient (Wildman–Crippen LogP) is 4.71. The van der Waals surface area contributed by atoms with Crippen molar-refractivity contribution >= 4 is 27.5 Å². The van der Waals surface area contributed by atoms with Crippen LogP contribution in [0.25, 0.3) is 0 Å². The van der Waals surface area contributed by atoms with Crippen LogP contribution < -0.4 is 10.5 Å². The molecular weight excluding hydrogens is 357 g/mol. The fourth-order valence-electron chi connectivity index (χ4n) is 2.00. The van der Waals surface area contributed by atoms with Crippen LogP contribution in [0.1, 0.15) is 18.1 Å². The van der Waals surface area contributed by atoms with Crippen LogP contribution in [0, 0.1) is 5.82 Å². The second-order valence-electron chi connectivity index (χ2n) is 4.96. The van der Waals surface area contributed by atoms with E-state index >= 15 is 0 Å². The lowest BCUT2D eigenvalue weighted by Crippen LogP contribution is -2.18. The van der Waals surface area contributed by atoms with Crippen LogP contribution in [-0.2, 0) is 13.0 Å². The molecule has 2 aromatic carbocycles. The van der Waals surface area contributed by atoms with E-state index in [-0.39, 0.29) is 18.5 Å². The third-order valence-corrected chi connectivity index (χ3v) is 3.68. The van der Waals surface area contributed by atoms with Gasteiger partial charge in [-0.1, -0.05) is 27.5 Å². The fourth-order valence-corrected chi connectivity index (χ4v) is 2.61. The van der Waals surface area contributed by atoms with E-state index in [1.54, 1.807) is 6.07 Å². The highest BCUT2D eigenvalue weighted by Gasteiger charge is 2.09. The van der Waals surface area contributed by atoms with Gasteiger partial charge in [0, 0.05) is 21.1 Å². The highest BCUT2D eigenvalue weighted by Crippen LogP contribution is 2.26. The Morgan fingerprint density at radius 3 is 2.71 bits per heavy atom. The van der Waals surface area contributed by atoms with Crippen molar-refractivity contribution in [2.24, 2.45) is 5.73 Å². The molecule has 0 saturated heterocycles. The molecular formula is C16H16BrClFNO. The molecule has 1 atom stereocenters. The highest BCUT2D eigenvalue weighted by atomic mass is 79.9. The quantitative estimate of drug-likeness (QED) is 0.825. The van der Waals surface area contributed by atoms with E-state index in [0.29, 0.717) is 22.8 Å². The van der Waals surface area contributed by atoms with Crippen LogP contribution in [0.2, 0.25) is 5.02 Å². The maximum Gasteiger partial charge on any atom is 0.129 e. The van der Waals surface area contributed by atoms with E-state index in [1.807, 2.05) is 25.1 Å². The molecule has 5 heteroatoms. The molecule has 0 aliphatic carbocycles. The molecule has 112 valence electrons. The van der Waals surface area contributed by atoms with Crippen molar-refractivity contribution in [3.05, 3.63) is 62.8 Å². The van der Waals surface area contributed by atoms with Crippen molar-refractivity contribution in [1.82, 2.24) is 0 Å². The van der Waals surface area contributed by atoms with Gasteiger partial charge in [0.05, 0.1) is 0 Å². The average Bonchev–Trinajstić information content (AvgIpc) is 2.41. The SMILES string of the molecule is CC(N)Cc1cc(Br)ccc1OCc1cc(Cl)ccc1F. The first-order valence-corrected chi connectivity index (χ1v) is 7.73. The Balaban J connectivity index is 2.17. The zero-order valence-electron chi connectivity index (χ0n) is 11.6. The minimum atomic E-state index is -0.328. The molecule has 0 aliphatic heterocycles. The molecule has 0 spiro atoms. The van der Waals surface area contributed by atoms with Gasteiger partial charge in [0.15, 0.2) is 0 Å². The van der Waals surface area contributed by atoms with Gasteiger partial charge in [-0.15, -0.1) is 0 Å². The second-order valence-corrected chi connectivity index (χ2v) is 6.31. The van der Waals surface area contributed by atoms with Gasteiger partial charge in [-0.2, -0.15) is 0 Å². The summed E-state index contributed by atoms with van der Waals surface area (Å²) in [6.45, 7) is 2.06. The van der Waals surface area contributed by atoms with Crippen LogP contribution in [0.3, 0.4) is 0 Å². The predicted molar refractivity (Wildman–Crippen MR) is 87.2 cm³/mol. The van der Waals surface area contributed by atoms with Crippen molar-refractivity contribution in [3.8, 4) is 5.75 Å². The average molecular weight is 373 g/mol. The first-order chi connectivity index (χ1) is 9.95. The fraction of sp³-hybridized carbons (Fsp3) is 0.250. The van der Waals surface area contributed by atoms with Gasteiger partial charge >= 0.3 is 0 Å². The molecule has 0 heterocycles. The van der Waals surface area contributed by atoms with E-state index < -0.39 is 0 Å². The number of hydrogen-bond acceptors (Lipinski definition) is 2. The summed E-state index contributed by atoms with van der Waals surface area (Å²) < 4.78 is 20.4. The van der Waals surface area contributed by atoms with Crippen LogP contribution in [0.5, 0.6) is 5.75 Å². The lowest BCUT2D eigenvalue weighted by Gasteiger charge is -2.14. The molecule has 2 N–H and O–H groups in total. The van der Waals surface area contributed by atoms with E-state index in [9.17, 15) is 4.39 Å². The van der Waals surface area contributed by atoms with Gasteiger partial charge < -0.3 is 10.5 Å². The van der Waals surface area contributed by atoms with Gasteiger partial charge in [0.2, 0.25) is 0 Å². The topological polar surface area (TPSA) is 35.2 Å². The Kier molecular flexibility index (Phi) is 5.62. The first-order valence-electron chi connectivity index (χ1n) is 6.56. The number of halogens is 3. The van der Waals surface area contributed by atoms with Gasteiger partial charge in [-0.25, -0.2) is 4.39 Å². The van der Waals surface area contributed by atoms with E-state index in [0.717, 1.165) is 10.0 Å². The Morgan fingerprint density at radius 2 is 2.00 bits per heavy atom. The molecule has 0 radical (unpaired) electrons. The maximum atomic E-state index is 13.7. The molecule has 2 nitrogen and oxygen atoms in total. The third-order valence-electron chi connectivity index (χ3n) is 2.96. The monoisotopic (exact) mass is 371 g/mol. The van der Waals surface area contributed by atoms with Crippen LogP contribution in [0.4, 0.5) is 4.39 Å². The number of ether oxygens (including phenoxy) is 1. The summed E-state index contributed by atoms with van der Waals surface area (Å²) in [5, 5.41) is 0.488. The van der Waals surface area contributed by atoms with Crippen LogP contribution in [-0.4, -0.2) is 6.04 Å². The minimum Gasteiger partial charge on any atom is -0.489 e. The van der Waals surface area contributed by atoms with Crippen LogP contribution >= 0.6 is 27.5 Å². The smallest absolute Gasteiger partial charge is 0.129 e. The largest absolute Gasteiger partial charge is 0.489 e. The summed E-state index contributed by atoms with van der Waals surface area (Å²) in [5.41, 5.74) is 7.26. The number of benzene rings is 2. The Labute approximate surface area is 137 Å². The molecule has 21 heavy (non-hydrogen) atoms. The van der Waals surface area contributed by atoms with Crippen molar-refractivity contribution < 1.29 is 9.13 Å². The van der Waals surface area contributed by atoms with Gasteiger partial charge in [-0.3, -0.25) is 0 Å². The second kappa shape index (κ2) is 7.25. The van der Waals surface area contributed by atoms with Crippen molar-refractivity contribution in [2.45, 2.75) is 26.0 Å². The zero-order chi connectivity index (χ0) is 15.4. The molecule has 2 rings (SSSR count). The van der Waals surface area contributed by atoms with Gasteiger partial charge in [0.1, 0.15) is 18.2 Å². The Hall–Kier alpha value is -1.10. The number of hydrogen-bond donors (Lipinski definition) is 1. The van der Waals surface area contributed by atoms with Gasteiger partial charge in [-0.05, 0) is 55.3 Å². The molecule has 0 saturated carbocycles. The Morgan fingerprint density at radius 1 is 1.24 bits per heavy atom. The summed E-state index contributed by atoms with van der Waals surface area (Å²) in [5.74, 6) is 0.375. The molecule has 1 unspecified atom stereocenters. The molecule has 0 bridgehead atoms. The number of rotatable bonds is 5. The number of nitrogens with two attached hydrogens (primary N) is 1. The lowest BCUT2D eigenvalue weighted by atomic mass is 10.1. The molecule has 0 aromatic heterocycles. The third kappa shape index (κ3) is 4.70. The zero-order valence-corrected chi connectivity index (χ0v) is 13.9. The highest BCUT2D eigenvalue weighted by molar-refractivity contribution is 9.10. The first kappa shape index (κ1) is 16.3. The van der Waals surface area contributed by atoms with Crippen LogP contribution in [0.15, 0.2) is 40.9 Å². The van der Waals surface area contributed by atoms with E-state index in [1.165, 1.54) is 12.1 Å². The minimum absolute atomic E-state index is 0.0181. The van der Waals surface area contributed by atoms with E-state index in [4.69, 9.17) is 22.1 Å². The standard InChI is InChI=1S/C16H16BrClFNO/c1-10(20)6-11-7-13(17)2-5-16(11)21-9-12-8-14(18)3-4-15(12)19/h2-5,7-8,10H,6,9,20H2,1H3. The van der Waals surface area contributed by atoms with Crippen molar-refractivity contribution in [2.75, 3.05) is 0 Å². The molecule has 0 amide bonds. The molecule has 0 fully saturated rings. The van der Waals surface area contributed by atoms with Crippen molar-refractivity contribution in [1.29, 1.82) is 0 Å². The summed E-state index contributed by atoms with van der Waals surface area (Å²) >= 11 is 9.30. The normalized spacial score (nSPS) is 12.2. The summed E-state index contributed by atoms with van der Waals surface area (Å²) in [6, 6.07) is 10.1. The summed E-state index contributed by atoms with van der Waals surface area (Å²) in [4.78, 5) is 0.